The van der Waals surface area contributed by atoms with E-state index in [0.29, 0.717) is 17.7 Å². The highest BCUT2D eigenvalue weighted by molar-refractivity contribution is 5.96. The van der Waals surface area contributed by atoms with Crippen molar-refractivity contribution in [2.75, 3.05) is 18.8 Å². The van der Waals surface area contributed by atoms with Gasteiger partial charge in [0.15, 0.2) is 5.78 Å². The van der Waals surface area contributed by atoms with Gasteiger partial charge in [0.25, 0.3) is 0 Å². The second kappa shape index (κ2) is 5.48. The summed E-state index contributed by atoms with van der Waals surface area (Å²) in [6.45, 7) is 4.03. The van der Waals surface area contributed by atoms with Gasteiger partial charge in [-0.15, -0.1) is 0 Å². The first-order valence-electron chi connectivity index (χ1n) is 5.02. The van der Waals surface area contributed by atoms with Gasteiger partial charge in [-0.1, -0.05) is 19.1 Å². The van der Waals surface area contributed by atoms with Gasteiger partial charge >= 0.3 is 0 Å². The molecule has 15 heavy (non-hydrogen) atoms. The molecule has 1 aromatic rings. The average molecular weight is 207 g/mol. The molecule has 1 heterocycles. The number of hydrogen-bond donors (Lipinski definition) is 2. The number of anilines is 1. The molecule has 0 aliphatic carbocycles. The molecule has 82 valence electrons. The van der Waals surface area contributed by atoms with Crippen LogP contribution in [0.2, 0.25) is 0 Å². The maximum Gasteiger partial charge on any atom is 0.162 e. The first-order valence-corrected chi connectivity index (χ1v) is 5.02. The van der Waals surface area contributed by atoms with Crippen molar-refractivity contribution in [3.8, 4) is 0 Å². The molecule has 0 bridgehead atoms. The Morgan fingerprint density at radius 1 is 1.47 bits per heavy atom. The largest absolute Gasteiger partial charge is 0.399 e. The van der Waals surface area contributed by atoms with Gasteiger partial charge < -0.3 is 5.73 Å². The molecule has 0 saturated carbocycles. The van der Waals surface area contributed by atoms with E-state index in [-0.39, 0.29) is 5.78 Å². The highest BCUT2D eigenvalue weighted by Gasteiger charge is 2.08. The Bertz CT molecular complexity index is 334. The minimum atomic E-state index is 0.136. The molecule has 4 nitrogen and oxygen atoms in total. The fourth-order valence-corrected chi connectivity index (χ4v) is 0.974. The molecule has 1 aromatic carbocycles. The van der Waals surface area contributed by atoms with Crippen molar-refractivity contribution in [3.05, 3.63) is 29.8 Å². The fourth-order valence-electron chi connectivity index (χ4n) is 0.974. The van der Waals surface area contributed by atoms with Crippen molar-refractivity contribution in [1.82, 2.24) is 5.01 Å². The number of ketones is 1. The summed E-state index contributed by atoms with van der Waals surface area (Å²) in [5, 5.41) is 1.75. The van der Waals surface area contributed by atoms with Crippen LogP contribution in [0.5, 0.6) is 0 Å². The summed E-state index contributed by atoms with van der Waals surface area (Å²) in [4.78, 5) is 11.1. The van der Waals surface area contributed by atoms with Crippen molar-refractivity contribution in [2.24, 2.45) is 5.84 Å². The molecule has 0 spiro atoms. The molecule has 0 amide bonds. The molecule has 1 fully saturated rings. The quantitative estimate of drug-likeness (QED) is 0.329. The molecule has 1 aliphatic heterocycles. The topological polar surface area (TPSA) is 72.1 Å². The SMILES string of the molecule is CCC(=O)c1cccc(N)c1.NN1CC1. The first-order chi connectivity index (χ1) is 7.13. The van der Waals surface area contributed by atoms with Gasteiger partial charge in [-0.25, -0.2) is 5.01 Å². The Kier molecular flexibility index (Phi) is 4.27. The van der Waals surface area contributed by atoms with E-state index in [0.717, 1.165) is 13.1 Å². The lowest BCUT2D eigenvalue weighted by Gasteiger charge is -1.97. The number of rotatable bonds is 2. The predicted molar refractivity (Wildman–Crippen MR) is 61.2 cm³/mol. The van der Waals surface area contributed by atoms with E-state index in [1.807, 2.05) is 6.92 Å². The number of Topliss-reactive ketones (excluding diaryl/α,β-unsaturated/α-hetero) is 1. The Labute approximate surface area is 89.8 Å². The predicted octanol–water partition coefficient (Wildman–Crippen LogP) is 1.04. The summed E-state index contributed by atoms with van der Waals surface area (Å²) in [6.07, 6.45) is 0.531. The Hall–Kier alpha value is -1.39. The summed E-state index contributed by atoms with van der Waals surface area (Å²) >= 11 is 0. The number of nitrogens with two attached hydrogens (primary N) is 2. The van der Waals surface area contributed by atoms with Crippen LogP contribution in [0.4, 0.5) is 5.69 Å². The van der Waals surface area contributed by atoms with Crippen LogP contribution >= 0.6 is 0 Å². The van der Waals surface area contributed by atoms with Crippen molar-refractivity contribution >= 4 is 11.5 Å². The number of benzene rings is 1. The number of nitrogens with zero attached hydrogens (tertiary/aromatic N) is 1. The molecule has 4 heteroatoms. The monoisotopic (exact) mass is 207 g/mol. The van der Waals surface area contributed by atoms with Crippen LogP contribution in [-0.4, -0.2) is 23.9 Å². The van der Waals surface area contributed by atoms with Crippen LogP contribution in [0.25, 0.3) is 0 Å². The summed E-state index contributed by atoms with van der Waals surface area (Å²) in [5.41, 5.74) is 6.84. The molecule has 0 unspecified atom stereocenters. The van der Waals surface area contributed by atoms with E-state index in [1.165, 1.54) is 0 Å². The second-order valence-corrected chi connectivity index (χ2v) is 3.44. The van der Waals surface area contributed by atoms with Gasteiger partial charge in [0, 0.05) is 30.8 Å². The third kappa shape index (κ3) is 4.58. The fraction of sp³-hybridized carbons (Fsp3) is 0.364. The van der Waals surface area contributed by atoms with Crippen molar-refractivity contribution in [2.45, 2.75) is 13.3 Å². The standard InChI is InChI=1S/C9H11NO.C2H6N2/c1-2-9(11)7-4-3-5-8(10)6-7;3-4-1-2-4/h3-6H,2,10H2,1H3;1-3H2. The normalized spacial score (nSPS) is 14.0. The van der Waals surface area contributed by atoms with E-state index in [4.69, 9.17) is 11.6 Å². The van der Waals surface area contributed by atoms with Gasteiger partial charge in [0.1, 0.15) is 0 Å². The zero-order chi connectivity index (χ0) is 11.3. The lowest BCUT2D eigenvalue weighted by molar-refractivity contribution is 0.0988. The van der Waals surface area contributed by atoms with Crippen LogP contribution in [0, 0.1) is 0 Å². The van der Waals surface area contributed by atoms with E-state index >= 15 is 0 Å². The highest BCUT2D eigenvalue weighted by Crippen LogP contribution is 2.08. The summed E-state index contributed by atoms with van der Waals surface area (Å²) in [7, 11) is 0. The average Bonchev–Trinajstić information content (AvgIpc) is 3.00. The minimum Gasteiger partial charge on any atom is -0.399 e. The zero-order valence-electron chi connectivity index (χ0n) is 8.94. The van der Waals surface area contributed by atoms with Gasteiger partial charge in [0.2, 0.25) is 0 Å². The van der Waals surface area contributed by atoms with Gasteiger partial charge in [-0.2, -0.15) is 0 Å². The third-order valence-electron chi connectivity index (χ3n) is 2.01. The van der Waals surface area contributed by atoms with Crippen LogP contribution < -0.4 is 11.6 Å². The Morgan fingerprint density at radius 2 is 2.07 bits per heavy atom. The van der Waals surface area contributed by atoms with Crippen LogP contribution in [0.1, 0.15) is 23.7 Å². The van der Waals surface area contributed by atoms with Crippen molar-refractivity contribution in [1.29, 1.82) is 0 Å². The molecule has 0 radical (unpaired) electrons. The zero-order valence-corrected chi connectivity index (χ0v) is 8.94. The van der Waals surface area contributed by atoms with Gasteiger partial charge in [-0.05, 0) is 12.1 Å². The number of hydrazine groups is 1. The summed E-state index contributed by atoms with van der Waals surface area (Å²) in [6, 6.07) is 7.04. The van der Waals surface area contributed by atoms with E-state index in [9.17, 15) is 4.79 Å². The minimum absolute atomic E-state index is 0.136. The summed E-state index contributed by atoms with van der Waals surface area (Å²) in [5.74, 6) is 5.19. The van der Waals surface area contributed by atoms with E-state index < -0.39 is 0 Å². The van der Waals surface area contributed by atoms with E-state index in [1.54, 1.807) is 29.3 Å². The number of nitrogen functional groups attached to an aromatic ring is 1. The van der Waals surface area contributed by atoms with E-state index in [2.05, 4.69) is 0 Å². The number of hydrogen-bond acceptors (Lipinski definition) is 4. The lowest BCUT2D eigenvalue weighted by atomic mass is 10.1. The summed E-state index contributed by atoms with van der Waals surface area (Å²) < 4.78 is 0. The number of carbonyl (C=O) groups excluding carboxylic acids is 1. The molecule has 4 N–H and O–H groups in total. The smallest absolute Gasteiger partial charge is 0.162 e. The third-order valence-corrected chi connectivity index (χ3v) is 2.01. The number of carbonyl (C=O) groups is 1. The molecular weight excluding hydrogens is 190 g/mol. The van der Waals surface area contributed by atoms with Gasteiger partial charge in [0.05, 0.1) is 0 Å². The Balaban J connectivity index is 0.000000234. The molecular formula is C11H17N3O. The molecule has 0 atom stereocenters. The van der Waals surface area contributed by atoms with Gasteiger partial charge in [-0.3, -0.25) is 10.6 Å². The first kappa shape index (κ1) is 11.7. The highest BCUT2D eigenvalue weighted by atomic mass is 16.1. The maximum atomic E-state index is 11.1. The van der Waals surface area contributed by atoms with Crippen molar-refractivity contribution in [3.63, 3.8) is 0 Å². The van der Waals surface area contributed by atoms with Crippen LogP contribution in [0.15, 0.2) is 24.3 Å². The van der Waals surface area contributed by atoms with Crippen molar-refractivity contribution < 1.29 is 4.79 Å². The molecule has 0 aromatic heterocycles. The molecule has 1 aliphatic rings. The maximum absolute atomic E-state index is 11.1. The molecule has 1 saturated heterocycles. The van der Waals surface area contributed by atoms with Crippen LogP contribution in [-0.2, 0) is 0 Å². The Morgan fingerprint density at radius 3 is 2.47 bits per heavy atom. The molecule has 2 rings (SSSR count). The second-order valence-electron chi connectivity index (χ2n) is 3.44. The lowest BCUT2D eigenvalue weighted by Crippen LogP contribution is -2.02. The van der Waals surface area contributed by atoms with Crippen LogP contribution in [0.3, 0.4) is 0 Å².